The Hall–Kier alpha value is -2.54. The van der Waals surface area contributed by atoms with E-state index in [1.807, 2.05) is 0 Å². The summed E-state index contributed by atoms with van der Waals surface area (Å²) in [4.78, 5) is 31.1. The van der Waals surface area contributed by atoms with Crippen LogP contribution in [0.5, 0.6) is 0 Å². The van der Waals surface area contributed by atoms with Gasteiger partial charge >= 0.3 is 0 Å². The standard InChI is InChI=1S/C8Cl2N2O2.C4H4O2/c9-5-6(10)8(14)4(2-12)3(1-11)7(5)13;1-2-4-6-5-3-1/h;1-4H. The monoisotopic (exact) mass is 310 g/mol. The van der Waals surface area contributed by atoms with Gasteiger partial charge in [-0.25, -0.2) is 0 Å². The molecule has 0 saturated heterocycles. The molecule has 0 aromatic heterocycles. The number of hydrogen-bond acceptors (Lipinski definition) is 6. The number of allylic oxidation sites excluding steroid dienone is 6. The van der Waals surface area contributed by atoms with E-state index >= 15 is 0 Å². The summed E-state index contributed by atoms with van der Waals surface area (Å²) in [7, 11) is 0. The predicted molar refractivity (Wildman–Crippen MR) is 67.4 cm³/mol. The van der Waals surface area contributed by atoms with Crippen molar-refractivity contribution < 1.29 is 19.4 Å². The fourth-order valence-corrected chi connectivity index (χ4v) is 1.44. The summed E-state index contributed by atoms with van der Waals surface area (Å²) in [6.07, 6.45) is 6.40. The third kappa shape index (κ3) is 3.27. The molecule has 1 aliphatic carbocycles. The predicted octanol–water partition coefficient (Wildman–Crippen LogP) is 2.15. The van der Waals surface area contributed by atoms with Crippen LogP contribution in [0.4, 0.5) is 0 Å². The topological polar surface area (TPSA) is 100 Å². The first-order valence-electron chi connectivity index (χ1n) is 4.87. The van der Waals surface area contributed by atoms with Crippen LogP contribution < -0.4 is 0 Å². The van der Waals surface area contributed by atoms with Gasteiger partial charge in [0.2, 0.25) is 11.6 Å². The molecule has 1 aliphatic heterocycles. The summed E-state index contributed by atoms with van der Waals surface area (Å²) in [6.45, 7) is 0. The second kappa shape index (κ2) is 7.15. The van der Waals surface area contributed by atoms with E-state index < -0.39 is 32.8 Å². The van der Waals surface area contributed by atoms with E-state index in [1.165, 1.54) is 24.7 Å². The van der Waals surface area contributed by atoms with Gasteiger partial charge in [0.05, 0.1) is 0 Å². The Labute approximate surface area is 123 Å². The maximum Gasteiger partial charge on any atom is 0.218 e. The molecular weight excluding hydrogens is 307 g/mol. The van der Waals surface area contributed by atoms with Crippen LogP contribution in [-0.2, 0) is 19.4 Å². The Morgan fingerprint density at radius 3 is 1.40 bits per heavy atom. The number of carbonyl (C=O) groups excluding carboxylic acids is 2. The number of rotatable bonds is 0. The fourth-order valence-electron chi connectivity index (χ4n) is 1.08. The van der Waals surface area contributed by atoms with E-state index in [9.17, 15) is 9.59 Å². The zero-order valence-corrected chi connectivity index (χ0v) is 11.1. The van der Waals surface area contributed by atoms with E-state index in [0.717, 1.165) is 0 Å². The van der Waals surface area contributed by atoms with Crippen LogP contribution in [0.1, 0.15) is 0 Å². The second-order valence-corrected chi connectivity index (χ2v) is 3.87. The minimum absolute atomic E-state index is 0.521. The molecular formula is C12H4Cl2N2O4. The fraction of sp³-hybridized carbons (Fsp3) is 0. The van der Waals surface area contributed by atoms with Crippen LogP contribution in [0, 0.1) is 22.7 Å². The number of Topliss-reactive ketones (excluding diaryl/α,β-unsaturated/α-hetero) is 2. The average molecular weight is 311 g/mol. The Kier molecular flexibility index (Phi) is 5.55. The van der Waals surface area contributed by atoms with Crippen LogP contribution in [0.2, 0.25) is 0 Å². The van der Waals surface area contributed by atoms with Crippen LogP contribution in [0.15, 0.2) is 45.9 Å². The molecule has 6 nitrogen and oxygen atoms in total. The number of carbonyl (C=O) groups is 2. The van der Waals surface area contributed by atoms with Gasteiger partial charge in [-0.15, -0.1) is 0 Å². The number of nitriles is 2. The van der Waals surface area contributed by atoms with Crippen molar-refractivity contribution >= 4 is 34.8 Å². The molecule has 8 heteroatoms. The highest BCUT2D eigenvalue weighted by Gasteiger charge is 2.33. The largest absolute Gasteiger partial charge is 0.299 e. The number of ketones is 2. The molecule has 0 amide bonds. The van der Waals surface area contributed by atoms with Crippen molar-refractivity contribution in [3.05, 3.63) is 45.9 Å². The maximum atomic E-state index is 11.2. The zero-order valence-electron chi connectivity index (χ0n) is 9.59. The maximum absolute atomic E-state index is 11.2. The van der Waals surface area contributed by atoms with Gasteiger partial charge in [-0.1, -0.05) is 23.2 Å². The van der Waals surface area contributed by atoms with E-state index in [4.69, 9.17) is 33.7 Å². The second-order valence-electron chi connectivity index (χ2n) is 3.11. The van der Waals surface area contributed by atoms with Gasteiger partial charge in [-0.05, 0) is 12.2 Å². The Morgan fingerprint density at radius 2 is 1.20 bits per heavy atom. The van der Waals surface area contributed by atoms with Crippen molar-refractivity contribution in [2.45, 2.75) is 0 Å². The summed E-state index contributed by atoms with van der Waals surface area (Å²) >= 11 is 10.8. The van der Waals surface area contributed by atoms with Gasteiger partial charge < -0.3 is 0 Å². The Balaban J connectivity index is 0.000000276. The molecule has 0 atom stereocenters. The molecule has 2 rings (SSSR count). The summed E-state index contributed by atoms with van der Waals surface area (Å²) in [5.74, 6) is -1.79. The van der Waals surface area contributed by atoms with Gasteiger partial charge in [0.15, 0.2) is 0 Å². The third-order valence-corrected chi connectivity index (χ3v) is 2.77. The molecule has 0 unspecified atom stereocenters. The normalized spacial score (nSPS) is 16.6. The highest BCUT2D eigenvalue weighted by Crippen LogP contribution is 2.28. The van der Waals surface area contributed by atoms with Gasteiger partial charge in [0, 0.05) is 0 Å². The molecule has 0 bridgehead atoms. The molecule has 20 heavy (non-hydrogen) atoms. The van der Waals surface area contributed by atoms with E-state index in [2.05, 4.69) is 9.78 Å². The van der Waals surface area contributed by atoms with Gasteiger partial charge in [-0.3, -0.25) is 19.4 Å². The molecule has 0 spiro atoms. The lowest BCUT2D eigenvalue weighted by Gasteiger charge is -2.08. The first-order chi connectivity index (χ1) is 9.54. The first-order valence-corrected chi connectivity index (χ1v) is 5.63. The minimum Gasteiger partial charge on any atom is -0.299 e. The SMILES string of the molecule is C1=COOC=C1.N#CC1=C(C#N)C(=O)C(Cl)=C(Cl)C1=O. The van der Waals surface area contributed by atoms with E-state index in [-0.39, 0.29) is 0 Å². The lowest BCUT2D eigenvalue weighted by atomic mass is 9.96. The summed E-state index contributed by atoms with van der Waals surface area (Å²) in [5.41, 5.74) is -1.13. The lowest BCUT2D eigenvalue weighted by Crippen LogP contribution is -2.18. The third-order valence-electron chi connectivity index (χ3n) is 1.95. The van der Waals surface area contributed by atoms with Crippen molar-refractivity contribution in [3.8, 4) is 12.1 Å². The summed E-state index contributed by atoms with van der Waals surface area (Å²) < 4.78 is 0. The van der Waals surface area contributed by atoms with Gasteiger partial charge in [0.1, 0.15) is 45.9 Å². The van der Waals surface area contributed by atoms with Crippen LogP contribution in [0.3, 0.4) is 0 Å². The smallest absolute Gasteiger partial charge is 0.218 e. The number of nitrogens with zero attached hydrogens (tertiary/aromatic N) is 2. The highest BCUT2D eigenvalue weighted by molar-refractivity contribution is 6.59. The van der Waals surface area contributed by atoms with Crippen molar-refractivity contribution in [2.24, 2.45) is 0 Å². The van der Waals surface area contributed by atoms with E-state index in [0.29, 0.717) is 0 Å². The van der Waals surface area contributed by atoms with Crippen LogP contribution in [0.25, 0.3) is 0 Å². The molecule has 0 radical (unpaired) electrons. The van der Waals surface area contributed by atoms with Crippen molar-refractivity contribution in [3.63, 3.8) is 0 Å². The number of halogens is 2. The Bertz CT molecular complexity index is 604. The molecule has 0 aromatic carbocycles. The molecule has 0 fully saturated rings. The molecule has 0 N–H and O–H groups in total. The molecule has 1 heterocycles. The average Bonchev–Trinajstić information content (AvgIpc) is 2.51. The highest BCUT2D eigenvalue weighted by atomic mass is 35.5. The Morgan fingerprint density at radius 1 is 0.850 bits per heavy atom. The summed E-state index contributed by atoms with van der Waals surface area (Å²) in [6, 6.07) is 2.89. The summed E-state index contributed by atoms with van der Waals surface area (Å²) in [5, 5.41) is 16.0. The molecule has 0 saturated carbocycles. The minimum atomic E-state index is -0.893. The van der Waals surface area contributed by atoms with Gasteiger partial charge in [0.25, 0.3) is 0 Å². The van der Waals surface area contributed by atoms with Crippen LogP contribution >= 0.6 is 23.2 Å². The lowest BCUT2D eigenvalue weighted by molar-refractivity contribution is -0.198. The van der Waals surface area contributed by atoms with Gasteiger partial charge in [-0.2, -0.15) is 10.5 Å². The van der Waals surface area contributed by atoms with Crippen molar-refractivity contribution in [2.75, 3.05) is 0 Å². The quantitative estimate of drug-likeness (QED) is 0.502. The van der Waals surface area contributed by atoms with E-state index in [1.54, 1.807) is 12.2 Å². The molecule has 0 aromatic rings. The van der Waals surface area contributed by atoms with Crippen LogP contribution in [-0.4, -0.2) is 11.6 Å². The molecule has 2 aliphatic rings. The first kappa shape index (κ1) is 15.5. The number of hydrogen-bond donors (Lipinski definition) is 0. The van der Waals surface area contributed by atoms with Crippen molar-refractivity contribution in [1.29, 1.82) is 10.5 Å². The van der Waals surface area contributed by atoms with Crippen molar-refractivity contribution in [1.82, 2.24) is 0 Å². The zero-order chi connectivity index (χ0) is 15.1. The molecule has 100 valence electrons.